The summed E-state index contributed by atoms with van der Waals surface area (Å²) in [7, 11) is 2.30. The first-order valence-electron chi connectivity index (χ1n) is 8.57. The van der Waals surface area contributed by atoms with E-state index in [-0.39, 0.29) is 22.2 Å². The molecule has 148 valence electrons. The molecular weight excluding hydrogens is 366 g/mol. The van der Waals surface area contributed by atoms with Crippen molar-refractivity contribution in [1.29, 1.82) is 0 Å². The number of hydrogen-bond acceptors (Lipinski definition) is 7. The molecule has 1 aromatic heterocycles. The van der Waals surface area contributed by atoms with Gasteiger partial charge < -0.3 is 14.8 Å². The average molecular weight is 387 g/mol. The van der Waals surface area contributed by atoms with Crippen LogP contribution >= 0.6 is 0 Å². The van der Waals surface area contributed by atoms with Crippen molar-refractivity contribution in [3.8, 4) is 0 Å². The minimum atomic E-state index is -1.45. The van der Waals surface area contributed by atoms with Crippen LogP contribution < -0.4 is 16.4 Å². The van der Waals surface area contributed by atoms with Gasteiger partial charge in [-0.3, -0.25) is 9.59 Å². The van der Waals surface area contributed by atoms with Gasteiger partial charge in [0.25, 0.3) is 11.1 Å². The van der Waals surface area contributed by atoms with Gasteiger partial charge in [0.15, 0.2) is 6.04 Å². The molecule has 3 rings (SSSR count). The van der Waals surface area contributed by atoms with E-state index in [1.807, 2.05) is 20.8 Å². The number of carbonyl (C=O) groups excluding carboxylic acids is 2. The molecule has 0 fully saturated rings. The van der Waals surface area contributed by atoms with Crippen LogP contribution in [0, 0.1) is 0 Å². The SMILES string of the molecule is COC(=O)C1=C(NC(C)(C)C)n2c(=O)c3ccccc3c(=O)n2C1C(=O)OC. The molecule has 0 aliphatic carbocycles. The van der Waals surface area contributed by atoms with Crippen LogP contribution in [0.2, 0.25) is 0 Å². The molecule has 1 aliphatic heterocycles. The monoisotopic (exact) mass is 387 g/mol. The van der Waals surface area contributed by atoms with Crippen molar-refractivity contribution in [2.45, 2.75) is 32.4 Å². The first-order chi connectivity index (χ1) is 13.1. The van der Waals surface area contributed by atoms with E-state index in [4.69, 9.17) is 9.47 Å². The molecule has 0 bridgehead atoms. The lowest BCUT2D eigenvalue weighted by Crippen LogP contribution is -2.43. The lowest BCUT2D eigenvalue weighted by Gasteiger charge is -2.24. The molecule has 9 heteroatoms. The molecule has 1 aliphatic rings. The van der Waals surface area contributed by atoms with Crippen LogP contribution in [-0.4, -0.2) is 41.1 Å². The standard InChI is InChI=1S/C19H21N3O6/c1-19(2,3)20-14-12(17(25)27-4)13(18(26)28-5)21-15(23)10-8-6-7-9-11(10)16(24)22(14)21/h6-9,13,20H,1-5H3. The summed E-state index contributed by atoms with van der Waals surface area (Å²) in [5.41, 5.74) is -1.91. The zero-order valence-electron chi connectivity index (χ0n) is 16.2. The van der Waals surface area contributed by atoms with Gasteiger partial charge in [-0.2, -0.15) is 4.68 Å². The summed E-state index contributed by atoms with van der Waals surface area (Å²) in [5, 5.41) is 3.37. The molecule has 0 radical (unpaired) electrons. The molecule has 0 spiro atoms. The highest BCUT2D eigenvalue weighted by atomic mass is 16.5. The highest BCUT2D eigenvalue weighted by molar-refractivity contribution is 6.02. The maximum Gasteiger partial charge on any atom is 0.340 e. The van der Waals surface area contributed by atoms with Crippen molar-refractivity contribution < 1.29 is 19.1 Å². The number of carbonyl (C=O) groups is 2. The van der Waals surface area contributed by atoms with Crippen molar-refractivity contribution in [1.82, 2.24) is 14.7 Å². The Morgan fingerprint density at radius 2 is 1.57 bits per heavy atom. The fourth-order valence-electron chi connectivity index (χ4n) is 3.21. The van der Waals surface area contributed by atoms with Crippen LogP contribution in [0.4, 0.5) is 0 Å². The Hall–Kier alpha value is -3.36. The predicted molar refractivity (Wildman–Crippen MR) is 102 cm³/mol. The van der Waals surface area contributed by atoms with E-state index in [1.165, 1.54) is 12.1 Å². The van der Waals surface area contributed by atoms with Crippen molar-refractivity contribution in [3.63, 3.8) is 0 Å². The number of hydrogen-bond donors (Lipinski definition) is 1. The summed E-state index contributed by atoms with van der Waals surface area (Å²) in [5.74, 6) is -1.69. The summed E-state index contributed by atoms with van der Waals surface area (Å²) in [4.78, 5) is 51.5. The minimum Gasteiger partial charge on any atom is -0.467 e. The van der Waals surface area contributed by atoms with Gasteiger partial charge in [0.1, 0.15) is 11.4 Å². The first-order valence-corrected chi connectivity index (χ1v) is 8.57. The van der Waals surface area contributed by atoms with Crippen LogP contribution in [0.25, 0.3) is 16.6 Å². The third kappa shape index (κ3) is 2.88. The van der Waals surface area contributed by atoms with E-state index in [1.54, 1.807) is 12.1 Å². The molecule has 9 nitrogen and oxygen atoms in total. The molecule has 2 heterocycles. The Morgan fingerprint density at radius 1 is 1.00 bits per heavy atom. The van der Waals surface area contributed by atoms with Gasteiger partial charge in [-0.15, -0.1) is 0 Å². The maximum atomic E-state index is 13.2. The molecule has 1 atom stereocenters. The zero-order chi connectivity index (χ0) is 20.8. The summed E-state index contributed by atoms with van der Waals surface area (Å²) in [6.45, 7) is 5.44. The normalized spacial score (nSPS) is 16.1. The van der Waals surface area contributed by atoms with E-state index in [2.05, 4.69) is 5.32 Å². The van der Waals surface area contributed by atoms with Crippen molar-refractivity contribution in [2.24, 2.45) is 0 Å². The van der Waals surface area contributed by atoms with Gasteiger partial charge in [0.05, 0.1) is 25.0 Å². The van der Waals surface area contributed by atoms with E-state index in [0.717, 1.165) is 23.6 Å². The van der Waals surface area contributed by atoms with Crippen LogP contribution in [0.1, 0.15) is 26.8 Å². The topological polar surface area (TPSA) is 109 Å². The fourth-order valence-corrected chi connectivity index (χ4v) is 3.21. The molecule has 2 aromatic rings. The number of methoxy groups -OCH3 is 2. The number of esters is 2. The van der Waals surface area contributed by atoms with Crippen molar-refractivity contribution >= 4 is 28.5 Å². The molecule has 0 amide bonds. The minimum absolute atomic E-state index is 0.0163. The van der Waals surface area contributed by atoms with Gasteiger partial charge in [0.2, 0.25) is 0 Å². The lowest BCUT2D eigenvalue weighted by atomic mass is 10.1. The second-order valence-electron chi connectivity index (χ2n) is 7.37. The smallest absolute Gasteiger partial charge is 0.340 e. The van der Waals surface area contributed by atoms with E-state index >= 15 is 0 Å². The van der Waals surface area contributed by atoms with E-state index in [9.17, 15) is 19.2 Å². The predicted octanol–water partition coefficient (Wildman–Crippen LogP) is 0.621. The van der Waals surface area contributed by atoms with Gasteiger partial charge >= 0.3 is 11.9 Å². The number of nitrogens with one attached hydrogen (secondary N) is 1. The Balaban J connectivity index is 2.51. The third-order valence-corrected chi connectivity index (χ3v) is 4.31. The van der Waals surface area contributed by atoms with Gasteiger partial charge in [0, 0.05) is 5.54 Å². The van der Waals surface area contributed by atoms with Gasteiger partial charge in [-0.25, -0.2) is 14.3 Å². The molecule has 0 saturated carbocycles. The zero-order valence-corrected chi connectivity index (χ0v) is 16.2. The Labute approximate surface area is 160 Å². The van der Waals surface area contributed by atoms with Crippen molar-refractivity contribution in [3.05, 3.63) is 50.5 Å². The molecule has 1 aromatic carbocycles. The average Bonchev–Trinajstić information content (AvgIpc) is 2.98. The van der Waals surface area contributed by atoms with Crippen molar-refractivity contribution in [2.75, 3.05) is 14.2 Å². The highest BCUT2D eigenvalue weighted by Gasteiger charge is 2.44. The number of fused-ring (bicyclic) bond motifs is 2. The number of aromatic nitrogens is 2. The summed E-state index contributed by atoms with van der Waals surface area (Å²) in [6.07, 6.45) is 0. The molecule has 28 heavy (non-hydrogen) atoms. The molecule has 1 unspecified atom stereocenters. The van der Waals surface area contributed by atoms with Gasteiger partial charge in [-0.05, 0) is 32.9 Å². The number of benzene rings is 1. The first kappa shape index (κ1) is 19.4. The molecular formula is C19H21N3O6. The maximum absolute atomic E-state index is 13.2. The van der Waals surface area contributed by atoms with E-state index in [0.29, 0.717) is 0 Å². The lowest BCUT2D eigenvalue weighted by molar-refractivity contribution is -0.146. The summed E-state index contributed by atoms with van der Waals surface area (Å²) in [6, 6.07) is 4.81. The summed E-state index contributed by atoms with van der Waals surface area (Å²) < 4.78 is 11.6. The third-order valence-electron chi connectivity index (χ3n) is 4.31. The quantitative estimate of drug-likeness (QED) is 0.769. The Morgan fingerprint density at radius 3 is 2.07 bits per heavy atom. The number of ether oxygens (including phenoxy) is 2. The van der Waals surface area contributed by atoms with Crippen LogP contribution in [-0.2, 0) is 19.1 Å². The van der Waals surface area contributed by atoms with Crippen LogP contribution in [0.5, 0.6) is 0 Å². The second-order valence-corrected chi connectivity index (χ2v) is 7.37. The largest absolute Gasteiger partial charge is 0.467 e. The van der Waals surface area contributed by atoms with Crippen LogP contribution in [0.3, 0.4) is 0 Å². The van der Waals surface area contributed by atoms with E-state index < -0.39 is 34.6 Å². The Kier molecular flexibility index (Phi) is 4.62. The second kappa shape index (κ2) is 6.66. The van der Waals surface area contributed by atoms with Crippen LogP contribution in [0.15, 0.2) is 39.4 Å². The molecule has 1 N–H and O–H groups in total. The summed E-state index contributed by atoms with van der Waals surface area (Å²) >= 11 is 0. The number of nitrogens with zero attached hydrogens (tertiary/aromatic N) is 2. The fraction of sp³-hybridized carbons (Fsp3) is 0.368. The highest BCUT2D eigenvalue weighted by Crippen LogP contribution is 2.31. The number of rotatable bonds is 3. The Bertz CT molecular complexity index is 1130. The van der Waals surface area contributed by atoms with Gasteiger partial charge in [-0.1, -0.05) is 12.1 Å². The molecule has 0 saturated heterocycles.